The predicted molar refractivity (Wildman–Crippen MR) is 176 cm³/mol. The summed E-state index contributed by atoms with van der Waals surface area (Å²) in [7, 11) is 0.0632. The van der Waals surface area contributed by atoms with Gasteiger partial charge in [0.25, 0.3) is 0 Å². The van der Waals surface area contributed by atoms with Crippen molar-refractivity contribution in [1.29, 1.82) is 0 Å². The molecule has 4 heteroatoms. The third-order valence-electron chi connectivity index (χ3n) is 7.55. The molecule has 0 aliphatic heterocycles. The van der Waals surface area contributed by atoms with E-state index in [9.17, 15) is 0 Å². The molecule has 1 heterocycles. The van der Waals surface area contributed by atoms with E-state index in [1.165, 1.54) is 105 Å². The maximum atomic E-state index is 5.89. The Bertz CT molecular complexity index is 1090. The molecule has 0 N–H and O–H groups in total. The smallest absolute Gasteiger partial charge is 0.159 e. The number of ether oxygens (including phenoxy) is 1. The second kappa shape index (κ2) is 19.4. The van der Waals surface area contributed by atoms with E-state index in [2.05, 4.69) is 85.0 Å². The van der Waals surface area contributed by atoms with E-state index < -0.39 is 0 Å². The van der Waals surface area contributed by atoms with Crippen molar-refractivity contribution in [1.82, 2.24) is 9.97 Å². The van der Waals surface area contributed by atoms with E-state index in [0.29, 0.717) is 0 Å². The van der Waals surface area contributed by atoms with Crippen LogP contribution >= 0.6 is 0 Å². The molecule has 0 aliphatic carbocycles. The number of nitrogens with zero attached hydrogens (tertiary/aromatic N) is 2. The Morgan fingerprint density at radius 2 is 1.23 bits per heavy atom. The first-order valence-corrected chi connectivity index (χ1v) is 17.8. The number of hydrogen-bond acceptors (Lipinski definition) is 3. The lowest BCUT2D eigenvalue weighted by molar-refractivity contribution is 0.302. The van der Waals surface area contributed by atoms with Gasteiger partial charge in [-0.3, -0.25) is 0 Å². The number of benzene rings is 2. The van der Waals surface area contributed by atoms with Gasteiger partial charge in [0.05, 0.1) is 19.0 Å². The standard InChI is InChI=1S/C36H52N2OSi/c1-4-5-6-10-13-16-31-17-19-32(20-18-31)33-21-23-34(24-22-33)36-37-27-35(28-38-36)39-25-14-11-8-7-9-12-15-26-40-29-30(2)3/h17-24,27-29H,4-16,25-26,40H2,1-3H3. The van der Waals surface area contributed by atoms with Crippen LogP contribution in [0.15, 0.2) is 72.2 Å². The average Bonchev–Trinajstić information content (AvgIpc) is 2.98. The molecule has 0 spiro atoms. The van der Waals surface area contributed by atoms with Gasteiger partial charge in [-0.25, -0.2) is 9.97 Å². The Kier molecular flexibility index (Phi) is 15.4. The molecule has 216 valence electrons. The lowest BCUT2D eigenvalue weighted by atomic mass is 10.00. The lowest BCUT2D eigenvalue weighted by Gasteiger charge is -2.08. The molecule has 0 aliphatic rings. The van der Waals surface area contributed by atoms with Crippen molar-refractivity contribution in [3.8, 4) is 28.3 Å². The number of hydrogen-bond donors (Lipinski definition) is 0. The Morgan fingerprint density at radius 1 is 0.675 bits per heavy atom. The second-order valence-corrected chi connectivity index (χ2v) is 13.1. The van der Waals surface area contributed by atoms with E-state index in [1.807, 2.05) is 0 Å². The third kappa shape index (κ3) is 12.6. The molecule has 0 bridgehead atoms. The van der Waals surface area contributed by atoms with Crippen LogP contribution in [0, 0.1) is 0 Å². The molecule has 0 radical (unpaired) electrons. The third-order valence-corrected chi connectivity index (χ3v) is 9.56. The molecule has 3 nitrogen and oxygen atoms in total. The van der Waals surface area contributed by atoms with Crippen molar-refractivity contribution in [2.45, 2.75) is 110 Å². The van der Waals surface area contributed by atoms with Gasteiger partial charge < -0.3 is 4.74 Å². The van der Waals surface area contributed by atoms with E-state index in [0.717, 1.165) is 30.2 Å². The normalized spacial score (nSPS) is 11.3. The summed E-state index contributed by atoms with van der Waals surface area (Å²) in [6.45, 7) is 7.44. The summed E-state index contributed by atoms with van der Waals surface area (Å²) < 4.78 is 5.89. The van der Waals surface area contributed by atoms with E-state index in [4.69, 9.17) is 4.74 Å². The quantitative estimate of drug-likeness (QED) is 0.103. The van der Waals surface area contributed by atoms with Gasteiger partial charge in [-0.15, -0.1) is 5.70 Å². The molecule has 0 unspecified atom stereocenters. The molecule has 0 saturated carbocycles. The predicted octanol–water partition coefficient (Wildman–Crippen LogP) is 9.94. The van der Waals surface area contributed by atoms with Crippen molar-refractivity contribution in [2.75, 3.05) is 6.61 Å². The van der Waals surface area contributed by atoms with Crippen LogP contribution in [0.25, 0.3) is 22.5 Å². The Balaban J connectivity index is 1.31. The first-order valence-electron chi connectivity index (χ1n) is 15.9. The van der Waals surface area contributed by atoms with Gasteiger partial charge in [0, 0.05) is 15.1 Å². The van der Waals surface area contributed by atoms with Crippen molar-refractivity contribution >= 4 is 9.52 Å². The first-order chi connectivity index (χ1) is 19.7. The van der Waals surface area contributed by atoms with Crippen LogP contribution in [0.4, 0.5) is 0 Å². The summed E-state index contributed by atoms with van der Waals surface area (Å²) in [5.74, 6) is 1.49. The van der Waals surface area contributed by atoms with Crippen LogP contribution in [0.5, 0.6) is 5.75 Å². The molecule has 1 aromatic heterocycles. The highest BCUT2D eigenvalue weighted by molar-refractivity contribution is 6.42. The Hall–Kier alpha value is -2.72. The highest BCUT2D eigenvalue weighted by Gasteiger charge is 2.05. The summed E-state index contributed by atoms with van der Waals surface area (Å²) in [4.78, 5) is 9.11. The highest BCUT2D eigenvalue weighted by Crippen LogP contribution is 2.24. The zero-order valence-corrected chi connectivity index (χ0v) is 26.9. The number of aromatic nitrogens is 2. The number of rotatable bonds is 20. The van der Waals surface area contributed by atoms with Gasteiger partial charge in [-0.05, 0) is 49.8 Å². The maximum absolute atomic E-state index is 5.89. The summed E-state index contributed by atoms with van der Waals surface area (Å²) >= 11 is 0. The minimum absolute atomic E-state index is 0.0632. The lowest BCUT2D eigenvalue weighted by Crippen LogP contribution is -1.99. The Labute approximate surface area is 246 Å². The van der Waals surface area contributed by atoms with Gasteiger partial charge in [0.2, 0.25) is 0 Å². The molecule has 3 rings (SSSR count). The number of allylic oxidation sites excluding steroid dienone is 1. The van der Waals surface area contributed by atoms with Crippen molar-refractivity contribution in [3.63, 3.8) is 0 Å². The highest BCUT2D eigenvalue weighted by atomic mass is 28.2. The van der Waals surface area contributed by atoms with E-state index >= 15 is 0 Å². The van der Waals surface area contributed by atoms with Crippen LogP contribution < -0.4 is 4.74 Å². The van der Waals surface area contributed by atoms with Crippen LogP contribution in [0.3, 0.4) is 0 Å². The molecule has 0 fully saturated rings. The second-order valence-electron chi connectivity index (χ2n) is 11.4. The minimum atomic E-state index is 0.0632. The van der Waals surface area contributed by atoms with E-state index in [1.54, 1.807) is 12.4 Å². The fraction of sp³-hybridized carbons (Fsp3) is 0.500. The molecule has 0 atom stereocenters. The van der Waals surface area contributed by atoms with Crippen molar-refractivity contribution < 1.29 is 4.74 Å². The zero-order chi connectivity index (χ0) is 28.3. The monoisotopic (exact) mass is 556 g/mol. The van der Waals surface area contributed by atoms with Crippen LogP contribution in [-0.4, -0.2) is 26.1 Å². The fourth-order valence-corrected chi connectivity index (χ4v) is 6.46. The minimum Gasteiger partial charge on any atom is -0.490 e. The molecule has 0 saturated heterocycles. The summed E-state index contributed by atoms with van der Waals surface area (Å²) in [6, 6.07) is 19.1. The molecule has 40 heavy (non-hydrogen) atoms. The summed E-state index contributed by atoms with van der Waals surface area (Å²) in [6.07, 6.45) is 20.6. The van der Waals surface area contributed by atoms with Crippen molar-refractivity contribution in [2.24, 2.45) is 0 Å². The Morgan fingerprint density at radius 3 is 1.88 bits per heavy atom. The SMILES string of the molecule is CCCCCCCc1ccc(-c2ccc(-c3ncc(OCCCCCCCCC[SiH2]C=C(C)C)cn3)cc2)cc1. The summed E-state index contributed by atoms with van der Waals surface area (Å²) in [5.41, 5.74) is 8.93. The van der Waals surface area contributed by atoms with Gasteiger partial charge in [-0.1, -0.05) is 131 Å². The topological polar surface area (TPSA) is 35.0 Å². The number of unbranched alkanes of at least 4 members (excludes halogenated alkanes) is 10. The average molecular weight is 557 g/mol. The van der Waals surface area contributed by atoms with Gasteiger partial charge in [0.15, 0.2) is 11.6 Å². The van der Waals surface area contributed by atoms with E-state index in [-0.39, 0.29) is 9.52 Å². The molecule has 2 aromatic carbocycles. The largest absolute Gasteiger partial charge is 0.490 e. The summed E-state index contributed by atoms with van der Waals surface area (Å²) in [5, 5.41) is 0. The first kappa shape index (κ1) is 31.8. The molecular weight excluding hydrogens is 504 g/mol. The van der Waals surface area contributed by atoms with Crippen molar-refractivity contribution in [3.05, 3.63) is 77.8 Å². The van der Waals surface area contributed by atoms with Crippen LogP contribution in [0.2, 0.25) is 6.04 Å². The van der Waals surface area contributed by atoms with Gasteiger partial charge >= 0.3 is 0 Å². The molecule has 3 aromatic rings. The molecule has 0 amide bonds. The fourth-order valence-electron chi connectivity index (χ4n) is 5.04. The van der Waals surface area contributed by atoms with Crippen LogP contribution in [-0.2, 0) is 6.42 Å². The van der Waals surface area contributed by atoms with Gasteiger partial charge in [-0.2, -0.15) is 0 Å². The number of aryl methyl sites for hydroxylation is 1. The van der Waals surface area contributed by atoms with Gasteiger partial charge in [0.1, 0.15) is 0 Å². The van der Waals surface area contributed by atoms with Crippen LogP contribution in [0.1, 0.15) is 103 Å². The zero-order valence-electron chi connectivity index (χ0n) is 25.5. The maximum Gasteiger partial charge on any atom is 0.159 e. The molecular formula is C36H52N2OSi.